The largest absolute Gasteiger partial charge is 0.461 e. The number of nitrogens with two attached hydrogens (primary N) is 1. The van der Waals surface area contributed by atoms with Gasteiger partial charge < -0.3 is 20.9 Å². The number of fused-ring (bicyclic) bond motifs is 2. The fourth-order valence-electron chi connectivity index (χ4n) is 4.55. The molecule has 5 aromatic rings. The molecule has 0 bridgehead atoms. The summed E-state index contributed by atoms with van der Waals surface area (Å²) in [5, 5.41) is 15.7. The summed E-state index contributed by atoms with van der Waals surface area (Å²) in [5.74, 6) is 1.62. The zero-order chi connectivity index (χ0) is 24.5. The maximum absolute atomic E-state index is 7.96. The lowest BCUT2D eigenvalue weighted by atomic mass is 10.0. The quantitative estimate of drug-likeness (QED) is 0.302. The number of nitrogen functional groups attached to an aromatic ring is 1. The molecule has 10 nitrogen and oxygen atoms in total. The molecule has 180 valence electrons. The Morgan fingerprint density at radius 2 is 2.00 bits per heavy atom. The summed E-state index contributed by atoms with van der Waals surface area (Å²) in [5.41, 5.74) is 11.9. The van der Waals surface area contributed by atoms with Crippen LogP contribution in [-0.2, 0) is 13.0 Å². The average molecular weight is 480 g/mol. The van der Waals surface area contributed by atoms with E-state index in [0.29, 0.717) is 35.2 Å². The number of pyridine rings is 1. The summed E-state index contributed by atoms with van der Waals surface area (Å²) in [6, 6.07) is 16.1. The molecule has 1 aliphatic rings. The first-order valence-corrected chi connectivity index (χ1v) is 11.8. The molecule has 36 heavy (non-hydrogen) atoms. The van der Waals surface area contributed by atoms with Gasteiger partial charge in [-0.05, 0) is 29.3 Å². The SMILES string of the molecule is N=Cc1c(NCCN2CCc3ncc(-c4ccccc4)cc3C2)nc(N)n2nc(-c3ccco3)nc12. The van der Waals surface area contributed by atoms with Crippen molar-refractivity contribution in [1.29, 1.82) is 5.41 Å². The number of nitrogens with one attached hydrogen (secondary N) is 2. The first-order valence-electron chi connectivity index (χ1n) is 11.8. The van der Waals surface area contributed by atoms with Gasteiger partial charge in [0.15, 0.2) is 11.4 Å². The molecule has 0 amide bonds. The molecule has 0 aliphatic carbocycles. The van der Waals surface area contributed by atoms with E-state index in [0.717, 1.165) is 31.6 Å². The normalized spacial score (nSPS) is 13.6. The monoisotopic (exact) mass is 479 g/mol. The number of rotatable bonds is 7. The van der Waals surface area contributed by atoms with Crippen molar-refractivity contribution >= 4 is 23.6 Å². The van der Waals surface area contributed by atoms with Gasteiger partial charge in [0, 0.05) is 56.3 Å². The highest BCUT2D eigenvalue weighted by molar-refractivity contribution is 5.93. The van der Waals surface area contributed by atoms with Gasteiger partial charge in [-0.25, -0.2) is 4.98 Å². The minimum Gasteiger partial charge on any atom is -0.461 e. The molecular formula is C26H25N9O. The molecule has 0 unspecified atom stereocenters. The van der Waals surface area contributed by atoms with Crippen molar-refractivity contribution < 1.29 is 4.42 Å². The van der Waals surface area contributed by atoms with E-state index >= 15 is 0 Å². The molecule has 6 rings (SSSR count). The van der Waals surface area contributed by atoms with Crippen LogP contribution >= 0.6 is 0 Å². The Kier molecular flexibility index (Phi) is 5.62. The summed E-state index contributed by atoms with van der Waals surface area (Å²) in [6.45, 7) is 3.23. The highest BCUT2D eigenvalue weighted by atomic mass is 16.3. The molecule has 0 saturated heterocycles. The molecule has 0 saturated carbocycles. The number of furan rings is 1. The van der Waals surface area contributed by atoms with Gasteiger partial charge in [0.2, 0.25) is 11.8 Å². The number of hydrogen-bond donors (Lipinski definition) is 3. The Hall–Kier alpha value is -4.57. The van der Waals surface area contributed by atoms with E-state index in [1.165, 1.54) is 27.6 Å². The average Bonchev–Trinajstić information content (AvgIpc) is 3.60. The molecule has 4 N–H and O–H groups in total. The number of aromatic nitrogens is 5. The van der Waals surface area contributed by atoms with E-state index in [4.69, 9.17) is 20.5 Å². The van der Waals surface area contributed by atoms with Crippen molar-refractivity contribution in [3.05, 3.63) is 77.8 Å². The van der Waals surface area contributed by atoms with Crippen LogP contribution < -0.4 is 11.1 Å². The molecule has 0 fully saturated rings. The molecule has 0 spiro atoms. The first-order chi connectivity index (χ1) is 17.7. The minimum absolute atomic E-state index is 0.190. The zero-order valence-corrected chi connectivity index (χ0v) is 19.6. The Morgan fingerprint density at radius 3 is 2.81 bits per heavy atom. The highest BCUT2D eigenvalue weighted by Crippen LogP contribution is 2.25. The maximum Gasteiger partial charge on any atom is 0.225 e. The topological polar surface area (TPSA) is 134 Å². The fraction of sp³-hybridized carbons (Fsp3) is 0.192. The lowest BCUT2D eigenvalue weighted by Crippen LogP contribution is -2.34. The smallest absolute Gasteiger partial charge is 0.225 e. The van der Waals surface area contributed by atoms with Gasteiger partial charge in [0.1, 0.15) is 5.82 Å². The van der Waals surface area contributed by atoms with Crippen molar-refractivity contribution in [2.45, 2.75) is 13.0 Å². The molecule has 10 heteroatoms. The van der Waals surface area contributed by atoms with Gasteiger partial charge in [-0.3, -0.25) is 9.88 Å². The molecular weight excluding hydrogens is 454 g/mol. The third kappa shape index (κ3) is 4.07. The molecule has 5 heterocycles. The third-order valence-electron chi connectivity index (χ3n) is 6.38. The van der Waals surface area contributed by atoms with E-state index in [1.54, 1.807) is 18.4 Å². The lowest BCUT2D eigenvalue weighted by molar-refractivity contribution is 0.262. The predicted molar refractivity (Wildman–Crippen MR) is 138 cm³/mol. The second-order valence-electron chi connectivity index (χ2n) is 8.67. The maximum atomic E-state index is 7.96. The van der Waals surface area contributed by atoms with E-state index < -0.39 is 0 Å². The Morgan fingerprint density at radius 1 is 1.11 bits per heavy atom. The van der Waals surface area contributed by atoms with E-state index in [9.17, 15) is 0 Å². The van der Waals surface area contributed by atoms with Gasteiger partial charge in [-0.15, -0.1) is 5.10 Å². The lowest BCUT2D eigenvalue weighted by Gasteiger charge is -2.28. The summed E-state index contributed by atoms with van der Waals surface area (Å²) in [4.78, 5) is 16.1. The molecule has 0 atom stereocenters. The van der Waals surface area contributed by atoms with E-state index in [-0.39, 0.29) is 5.95 Å². The highest BCUT2D eigenvalue weighted by Gasteiger charge is 2.20. The van der Waals surface area contributed by atoms with Gasteiger partial charge in [-0.2, -0.15) is 9.50 Å². The van der Waals surface area contributed by atoms with Crippen LogP contribution in [0.1, 0.15) is 16.8 Å². The summed E-state index contributed by atoms with van der Waals surface area (Å²) in [7, 11) is 0. The summed E-state index contributed by atoms with van der Waals surface area (Å²) >= 11 is 0. The molecule has 4 aromatic heterocycles. The molecule has 1 aliphatic heterocycles. The van der Waals surface area contributed by atoms with Crippen molar-refractivity contribution in [3.63, 3.8) is 0 Å². The van der Waals surface area contributed by atoms with Gasteiger partial charge >= 0.3 is 0 Å². The van der Waals surface area contributed by atoms with Crippen molar-refractivity contribution in [2.24, 2.45) is 0 Å². The van der Waals surface area contributed by atoms with Crippen LogP contribution in [0.2, 0.25) is 0 Å². The Balaban J connectivity index is 1.17. The van der Waals surface area contributed by atoms with E-state index in [1.807, 2.05) is 24.4 Å². The first kappa shape index (κ1) is 21.9. The molecule has 0 radical (unpaired) electrons. The summed E-state index contributed by atoms with van der Waals surface area (Å²) < 4.78 is 6.83. The Labute approximate surface area is 207 Å². The van der Waals surface area contributed by atoms with Gasteiger partial charge in [0.05, 0.1) is 11.8 Å². The van der Waals surface area contributed by atoms with E-state index in [2.05, 4.69) is 43.5 Å². The number of hydrogen-bond acceptors (Lipinski definition) is 9. The predicted octanol–water partition coefficient (Wildman–Crippen LogP) is 3.50. The van der Waals surface area contributed by atoms with Crippen molar-refractivity contribution in [3.8, 4) is 22.7 Å². The van der Waals surface area contributed by atoms with Crippen LogP contribution in [0.4, 0.5) is 11.8 Å². The zero-order valence-electron chi connectivity index (χ0n) is 19.6. The number of anilines is 2. The number of nitrogens with zero attached hydrogens (tertiary/aromatic N) is 6. The van der Waals surface area contributed by atoms with Crippen LogP contribution in [0.15, 0.2) is 65.4 Å². The van der Waals surface area contributed by atoms with Crippen LogP contribution in [0.5, 0.6) is 0 Å². The van der Waals surface area contributed by atoms with Crippen LogP contribution in [0, 0.1) is 5.41 Å². The molecule has 1 aromatic carbocycles. The van der Waals surface area contributed by atoms with Crippen LogP contribution in [-0.4, -0.2) is 55.3 Å². The summed E-state index contributed by atoms with van der Waals surface area (Å²) in [6.07, 6.45) is 5.67. The van der Waals surface area contributed by atoms with Crippen LogP contribution in [0.25, 0.3) is 28.4 Å². The van der Waals surface area contributed by atoms with Crippen molar-refractivity contribution in [1.82, 2.24) is 29.5 Å². The minimum atomic E-state index is 0.190. The van der Waals surface area contributed by atoms with Gasteiger partial charge in [-0.1, -0.05) is 30.3 Å². The second-order valence-corrected chi connectivity index (χ2v) is 8.67. The van der Waals surface area contributed by atoms with Crippen molar-refractivity contribution in [2.75, 3.05) is 30.7 Å². The van der Waals surface area contributed by atoms with Crippen LogP contribution in [0.3, 0.4) is 0 Å². The second kappa shape index (κ2) is 9.23. The fourth-order valence-corrected chi connectivity index (χ4v) is 4.55. The van der Waals surface area contributed by atoms with Gasteiger partial charge in [0.25, 0.3) is 0 Å². The standard InChI is InChI=1S/C26H25N9O/c27-14-20-23(32-26(28)35-25(20)31-24(33-35)22-7-4-12-36-22)29-9-11-34-10-8-21-19(16-34)13-18(15-30-21)17-5-2-1-3-6-17/h1-7,12-15,27,29H,8-11,16H2,(H2,28,32). The Bertz CT molecular complexity index is 1530. The third-order valence-corrected chi connectivity index (χ3v) is 6.38. The number of benzene rings is 1.